The average Bonchev–Trinajstić information content (AvgIpc) is 2.34. The number of nitrogens with one attached hydrogen (secondary N) is 1. The van der Waals surface area contributed by atoms with Gasteiger partial charge in [0.05, 0.1) is 6.10 Å². The summed E-state index contributed by atoms with van der Waals surface area (Å²) in [6.45, 7) is 6.68. The summed E-state index contributed by atoms with van der Waals surface area (Å²) < 4.78 is 0. The van der Waals surface area contributed by atoms with Gasteiger partial charge in [-0.15, -0.1) is 0 Å². The first-order valence-electron chi connectivity index (χ1n) is 6.04. The highest BCUT2D eigenvalue weighted by Crippen LogP contribution is 2.21. The topological polar surface area (TPSA) is 35.5 Å². The van der Waals surface area contributed by atoms with Gasteiger partial charge in [0.15, 0.2) is 0 Å². The van der Waals surface area contributed by atoms with E-state index in [0.29, 0.717) is 6.54 Å². The van der Waals surface area contributed by atoms with Crippen LogP contribution in [0.2, 0.25) is 5.02 Å². The van der Waals surface area contributed by atoms with Crippen LogP contribution in [-0.4, -0.2) is 42.7 Å². The van der Waals surface area contributed by atoms with Crippen molar-refractivity contribution in [2.75, 3.05) is 32.7 Å². The Kier molecular flexibility index (Phi) is 4.40. The first-order valence-corrected chi connectivity index (χ1v) is 6.42. The lowest BCUT2D eigenvalue weighted by atomic mass is 10.1. The number of rotatable bonds is 3. The molecule has 0 amide bonds. The fraction of sp³-hybridized carbons (Fsp3) is 0.538. The maximum absolute atomic E-state index is 10.2. The van der Waals surface area contributed by atoms with Crippen molar-refractivity contribution in [2.45, 2.75) is 13.0 Å². The zero-order chi connectivity index (χ0) is 12.3. The van der Waals surface area contributed by atoms with E-state index in [1.165, 1.54) is 0 Å². The minimum Gasteiger partial charge on any atom is -0.387 e. The molecular weight excluding hydrogens is 236 g/mol. The van der Waals surface area contributed by atoms with E-state index in [4.69, 9.17) is 11.6 Å². The molecule has 3 nitrogen and oxygen atoms in total. The summed E-state index contributed by atoms with van der Waals surface area (Å²) in [6, 6.07) is 5.73. The molecule has 1 aliphatic rings. The number of aliphatic hydroxyl groups is 1. The molecule has 0 spiro atoms. The van der Waals surface area contributed by atoms with Crippen molar-refractivity contribution < 1.29 is 5.11 Å². The van der Waals surface area contributed by atoms with E-state index in [9.17, 15) is 5.11 Å². The summed E-state index contributed by atoms with van der Waals surface area (Å²) in [6.07, 6.45) is -0.427. The van der Waals surface area contributed by atoms with Gasteiger partial charge in [-0.3, -0.25) is 4.90 Å². The number of hydrogen-bond donors (Lipinski definition) is 2. The molecule has 4 heteroatoms. The van der Waals surface area contributed by atoms with E-state index in [2.05, 4.69) is 10.2 Å². The first kappa shape index (κ1) is 12.8. The van der Waals surface area contributed by atoms with Crippen LogP contribution in [0.1, 0.15) is 17.2 Å². The SMILES string of the molecule is Cc1cc(C(O)CN2CCNCC2)ccc1Cl. The van der Waals surface area contributed by atoms with E-state index in [-0.39, 0.29) is 0 Å². The molecule has 1 saturated heterocycles. The minimum atomic E-state index is -0.427. The molecule has 2 N–H and O–H groups in total. The zero-order valence-electron chi connectivity index (χ0n) is 10.1. The number of piperazine rings is 1. The van der Waals surface area contributed by atoms with Crippen molar-refractivity contribution in [3.05, 3.63) is 34.3 Å². The summed E-state index contributed by atoms with van der Waals surface area (Å²) in [5, 5.41) is 14.2. The predicted octanol–water partition coefficient (Wildman–Crippen LogP) is 1.59. The van der Waals surface area contributed by atoms with Gasteiger partial charge < -0.3 is 10.4 Å². The molecule has 2 rings (SSSR count). The van der Waals surface area contributed by atoms with Crippen LogP contribution in [0.25, 0.3) is 0 Å². The lowest BCUT2D eigenvalue weighted by Crippen LogP contribution is -2.44. The second-order valence-corrected chi connectivity index (χ2v) is 4.98. The van der Waals surface area contributed by atoms with Crippen LogP contribution in [-0.2, 0) is 0 Å². The molecule has 0 aliphatic carbocycles. The highest BCUT2D eigenvalue weighted by molar-refractivity contribution is 6.31. The average molecular weight is 255 g/mol. The van der Waals surface area contributed by atoms with Crippen LogP contribution >= 0.6 is 11.6 Å². The molecule has 94 valence electrons. The summed E-state index contributed by atoms with van der Waals surface area (Å²) in [7, 11) is 0. The lowest BCUT2D eigenvalue weighted by molar-refractivity contribution is 0.105. The van der Waals surface area contributed by atoms with Crippen LogP contribution < -0.4 is 5.32 Å². The van der Waals surface area contributed by atoms with Gasteiger partial charge >= 0.3 is 0 Å². The molecule has 17 heavy (non-hydrogen) atoms. The molecule has 0 radical (unpaired) electrons. The monoisotopic (exact) mass is 254 g/mol. The quantitative estimate of drug-likeness (QED) is 0.860. The van der Waals surface area contributed by atoms with Gasteiger partial charge in [-0.2, -0.15) is 0 Å². The Balaban J connectivity index is 1.98. The van der Waals surface area contributed by atoms with Crippen molar-refractivity contribution in [3.8, 4) is 0 Å². The van der Waals surface area contributed by atoms with Gasteiger partial charge in [0.2, 0.25) is 0 Å². The van der Waals surface area contributed by atoms with Crippen molar-refractivity contribution in [1.82, 2.24) is 10.2 Å². The third-order valence-corrected chi connectivity index (χ3v) is 3.63. The smallest absolute Gasteiger partial charge is 0.0917 e. The van der Waals surface area contributed by atoms with E-state index in [0.717, 1.165) is 42.3 Å². The van der Waals surface area contributed by atoms with Gasteiger partial charge in [0, 0.05) is 37.7 Å². The van der Waals surface area contributed by atoms with Gasteiger partial charge in [0.1, 0.15) is 0 Å². The molecule has 0 saturated carbocycles. The number of aryl methyl sites for hydroxylation is 1. The summed E-state index contributed by atoms with van der Waals surface area (Å²) >= 11 is 5.98. The van der Waals surface area contributed by atoms with Crippen LogP contribution in [0.15, 0.2) is 18.2 Å². The van der Waals surface area contributed by atoms with Crippen LogP contribution in [0.3, 0.4) is 0 Å². The summed E-state index contributed by atoms with van der Waals surface area (Å²) in [5.74, 6) is 0. The fourth-order valence-electron chi connectivity index (χ4n) is 2.12. The number of β-amino-alcohol motifs (C(OH)–C–C–N with tert-alkyl or cyclic N) is 1. The molecule has 1 fully saturated rings. The van der Waals surface area contributed by atoms with Crippen LogP contribution in [0, 0.1) is 6.92 Å². The molecular formula is C13H19ClN2O. The number of hydrogen-bond acceptors (Lipinski definition) is 3. The second-order valence-electron chi connectivity index (χ2n) is 4.58. The molecule has 1 heterocycles. The number of halogens is 1. The zero-order valence-corrected chi connectivity index (χ0v) is 10.9. The molecule has 0 bridgehead atoms. The van der Waals surface area contributed by atoms with E-state index < -0.39 is 6.10 Å². The Hall–Kier alpha value is -0.610. The number of aliphatic hydroxyl groups excluding tert-OH is 1. The molecule has 1 unspecified atom stereocenters. The van der Waals surface area contributed by atoms with Crippen molar-refractivity contribution in [3.63, 3.8) is 0 Å². The Morgan fingerprint density at radius 1 is 1.41 bits per heavy atom. The van der Waals surface area contributed by atoms with Crippen molar-refractivity contribution in [2.24, 2.45) is 0 Å². The number of benzene rings is 1. The first-order chi connectivity index (χ1) is 8.16. The lowest BCUT2D eigenvalue weighted by Gasteiger charge is -2.29. The largest absolute Gasteiger partial charge is 0.387 e. The Bertz CT molecular complexity index is 378. The molecule has 0 aromatic heterocycles. The highest BCUT2D eigenvalue weighted by atomic mass is 35.5. The minimum absolute atomic E-state index is 0.427. The molecule has 1 aromatic carbocycles. The highest BCUT2D eigenvalue weighted by Gasteiger charge is 2.15. The maximum Gasteiger partial charge on any atom is 0.0917 e. The predicted molar refractivity (Wildman–Crippen MR) is 70.5 cm³/mol. The van der Waals surface area contributed by atoms with Gasteiger partial charge in [-0.25, -0.2) is 0 Å². The molecule has 1 aliphatic heterocycles. The van der Waals surface area contributed by atoms with Gasteiger partial charge in [-0.05, 0) is 24.1 Å². The van der Waals surface area contributed by atoms with E-state index >= 15 is 0 Å². The van der Waals surface area contributed by atoms with Crippen LogP contribution in [0.5, 0.6) is 0 Å². The number of nitrogens with zero attached hydrogens (tertiary/aromatic N) is 1. The molecule has 1 atom stereocenters. The van der Waals surface area contributed by atoms with Gasteiger partial charge in [-0.1, -0.05) is 23.7 Å². The van der Waals surface area contributed by atoms with E-state index in [1.54, 1.807) is 0 Å². The summed E-state index contributed by atoms with van der Waals surface area (Å²) in [4.78, 5) is 2.28. The standard InChI is InChI=1S/C13H19ClN2O/c1-10-8-11(2-3-12(10)14)13(17)9-16-6-4-15-5-7-16/h2-3,8,13,15,17H,4-7,9H2,1H3. The van der Waals surface area contributed by atoms with E-state index in [1.807, 2.05) is 25.1 Å². The molecule has 1 aromatic rings. The maximum atomic E-state index is 10.2. The third-order valence-electron chi connectivity index (χ3n) is 3.21. The Labute approximate surface area is 107 Å². The second kappa shape index (κ2) is 5.83. The normalized spacial score (nSPS) is 19.2. The van der Waals surface area contributed by atoms with Crippen molar-refractivity contribution in [1.29, 1.82) is 0 Å². The summed E-state index contributed by atoms with van der Waals surface area (Å²) in [5.41, 5.74) is 1.97. The Morgan fingerprint density at radius 3 is 2.76 bits per heavy atom. The Morgan fingerprint density at radius 2 is 2.12 bits per heavy atom. The fourth-order valence-corrected chi connectivity index (χ4v) is 2.24. The van der Waals surface area contributed by atoms with Gasteiger partial charge in [0.25, 0.3) is 0 Å². The third kappa shape index (κ3) is 3.42. The van der Waals surface area contributed by atoms with Crippen molar-refractivity contribution >= 4 is 11.6 Å². The van der Waals surface area contributed by atoms with Crippen LogP contribution in [0.4, 0.5) is 0 Å².